The van der Waals surface area contributed by atoms with Gasteiger partial charge in [0, 0.05) is 6.07 Å². The fourth-order valence-corrected chi connectivity index (χ4v) is 1.58. The number of rotatable bonds is 3. The summed E-state index contributed by atoms with van der Waals surface area (Å²) in [6.07, 6.45) is 0. The molecule has 1 aromatic heterocycles. The molecule has 0 aliphatic carbocycles. The maximum absolute atomic E-state index is 13.4. The van der Waals surface area contributed by atoms with Crippen LogP contribution in [0.2, 0.25) is 0 Å². The van der Waals surface area contributed by atoms with Crippen LogP contribution in [0.25, 0.3) is 0 Å². The second kappa shape index (κ2) is 5.09. The Labute approximate surface area is 108 Å². The van der Waals surface area contributed by atoms with Gasteiger partial charge in [0.2, 0.25) is 0 Å². The van der Waals surface area contributed by atoms with Gasteiger partial charge in [0.1, 0.15) is 23.2 Å². The standard InChI is InChI=1S/C13H12F2N2O2/c1-7-2-3-8(19-7)6-17-13(18)9-4-12(16)11(15)5-10(9)14/h2-5H,6,16H2,1H3,(H,17,18). The summed E-state index contributed by atoms with van der Waals surface area (Å²) in [5.41, 5.74) is 4.72. The lowest BCUT2D eigenvalue weighted by atomic mass is 10.1. The highest BCUT2D eigenvalue weighted by Gasteiger charge is 2.15. The topological polar surface area (TPSA) is 68.3 Å². The normalized spacial score (nSPS) is 10.5. The van der Waals surface area contributed by atoms with Crippen LogP contribution in [0.5, 0.6) is 0 Å². The molecule has 0 atom stereocenters. The SMILES string of the molecule is Cc1ccc(CNC(=O)c2cc(N)c(F)cc2F)o1. The molecular weight excluding hydrogens is 254 g/mol. The van der Waals surface area contributed by atoms with Crippen molar-refractivity contribution >= 4 is 11.6 Å². The highest BCUT2D eigenvalue weighted by molar-refractivity contribution is 5.95. The van der Waals surface area contributed by atoms with Gasteiger partial charge in [-0.1, -0.05) is 0 Å². The number of nitrogens with two attached hydrogens (primary N) is 1. The number of hydrogen-bond acceptors (Lipinski definition) is 3. The first-order valence-corrected chi connectivity index (χ1v) is 5.55. The molecule has 4 nitrogen and oxygen atoms in total. The number of nitrogens with one attached hydrogen (secondary N) is 1. The average molecular weight is 266 g/mol. The van der Waals surface area contributed by atoms with Crippen molar-refractivity contribution in [3.05, 3.63) is 53.0 Å². The molecule has 0 spiro atoms. The molecule has 0 aliphatic rings. The van der Waals surface area contributed by atoms with E-state index in [9.17, 15) is 13.6 Å². The third kappa shape index (κ3) is 2.90. The number of benzene rings is 1. The molecule has 100 valence electrons. The van der Waals surface area contributed by atoms with Gasteiger partial charge in [-0.05, 0) is 25.1 Å². The van der Waals surface area contributed by atoms with E-state index in [0.717, 1.165) is 6.07 Å². The van der Waals surface area contributed by atoms with E-state index < -0.39 is 17.5 Å². The van der Waals surface area contributed by atoms with Gasteiger partial charge in [-0.15, -0.1) is 0 Å². The van der Waals surface area contributed by atoms with Crippen LogP contribution in [0.4, 0.5) is 14.5 Å². The zero-order valence-corrected chi connectivity index (χ0v) is 10.2. The molecule has 0 saturated heterocycles. The number of nitrogen functional groups attached to an aromatic ring is 1. The van der Waals surface area contributed by atoms with Crippen molar-refractivity contribution in [1.29, 1.82) is 0 Å². The largest absolute Gasteiger partial charge is 0.465 e. The number of furan rings is 1. The van der Waals surface area contributed by atoms with E-state index in [0.29, 0.717) is 17.6 Å². The van der Waals surface area contributed by atoms with Gasteiger partial charge >= 0.3 is 0 Å². The van der Waals surface area contributed by atoms with Crippen molar-refractivity contribution < 1.29 is 18.0 Å². The monoisotopic (exact) mass is 266 g/mol. The Kier molecular flexibility index (Phi) is 3.50. The molecule has 1 amide bonds. The van der Waals surface area contributed by atoms with Gasteiger partial charge in [-0.25, -0.2) is 8.78 Å². The van der Waals surface area contributed by atoms with Gasteiger partial charge in [0.25, 0.3) is 5.91 Å². The molecule has 0 bridgehead atoms. The maximum Gasteiger partial charge on any atom is 0.254 e. The van der Waals surface area contributed by atoms with Crippen molar-refractivity contribution in [3.8, 4) is 0 Å². The van der Waals surface area contributed by atoms with Crippen LogP contribution in [0.1, 0.15) is 21.9 Å². The lowest BCUT2D eigenvalue weighted by molar-refractivity contribution is 0.0944. The third-order valence-electron chi connectivity index (χ3n) is 2.55. The number of anilines is 1. The van der Waals surface area contributed by atoms with Gasteiger partial charge in [0.05, 0.1) is 17.8 Å². The van der Waals surface area contributed by atoms with Crippen molar-refractivity contribution in [2.24, 2.45) is 0 Å². The summed E-state index contributed by atoms with van der Waals surface area (Å²) in [6.45, 7) is 1.88. The van der Waals surface area contributed by atoms with E-state index in [-0.39, 0.29) is 17.8 Å². The smallest absolute Gasteiger partial charge is 0.254 e. The number of amides is 1. The maximum atomic E-state index is 13.4. The van der Waals surface area contributed by atoms with Crippen LogP contribution in [0, 0.1) is 18.6 Å². The summed E-state index contributed by atoms with van der Waals surface area (Å²) in [6, 6.07) is 5.00. The summed E-state index contributed by atoms with van der Waals surface area (Å²) in [7, 11) is 0. The number of hydrogen-bond donors (Lipinski definition) is 2. The minimum absolute atomic E-state index is 0.114. The number of carbonyl (C=O) groups is 1. The Bertz CT molecular complexity index is 623. The zero-order chi connectivity index (χ0) is 14.0. The summed E-state index contributed by atoms with van der Waals surface area (Å²) in [5, 5.41) is 2.47. The van der Waals surface area contributed by atoms with Gasteiger partial charge in [-0.2, -0.15) is 0 Å². The summed E-state index contributed by atoms with van der Waals surface area (Å²) in [5.74, 6) is -1.28. The highest BCUT2D eigenvalue weighted by Crippen LogP contribution is 2.16. The molecule has 19 heavy (non-hydrogen) atoms. The summed E-state index contributed by atoms with van der Waals surface area (Å²) >= 11 is 0. The molecule has 6 heteroatoms. The van der Waals surface area contributed by atoms with Crippen LogP contribution < -0.4 is 11.1 Å². The molecule has 0 unspecified atom stereocenters. The summed E-state index contributed by atoms with van der Waals surface area (Å²) < 4.78 is 31.6. The predicted octanol–water partition coefficient (Wildman–Crippen LogP) is 2.38. The van der Waals surface area contributed by atoms with E-state index in [2.05, 4.69) is 5.32 Å². The van der Waals surface area contributed by atoms with Crippen molar-refractivity contribution in [2.45, 2.75) is 13.5 Å². The van der Waals surface area contributed by atoms with Gasteiger partial charge in [-0.3, -0.25) is 4.79 Å². The van der Waals surface area contributed by atoms with Crippen LogP contribution in [-0.2, 0) is 6.54 Å². The molecule has 3 N–H and O–H groups in total. The molecule has 0 fully saturated rings. The van der Waals surface area contributed by atoms with Crippen LogP contribution in [-0.4, -0.2) is 5.91 Å². The number of carbonyl (C=O) groups excluding carboxylic acids is 1. The van der Waals surface area contributed by atoms with Gasteiger partial charge < -0.3 is 15.5 Å². The van der Waals surface area contributed by atoms with Gasteiger partial charge in [0.15, 0.2) is 0 Å². The number of halogens is 2. The van der Waals surface area contributed by atoms with E-state index in [1.54, 1.807) is 19.1 Å². The fourth-order valence-electron chi connectivity index (χ4n) is 1.58. The Hall–Kier alpha value is -2.37. The number of aryl methyl sites for hydroxylation is 1. The highest BCUT2D eigenvalue weighted by atomic mass is 19.1. The van der Waals surface area contributed by atoms with Crippen molar-refractivity contribution in [3.63, 3.8) is 0 Å². The summed E-state index contributed by atoms with van der Waals surface area (Å²) in [4.78, 5) is 11.7. The second-order valence-corrected chi connectivity index (χ2v) is 4.05. The average Bonchev–Trinajstić information content (AvgIpc) is 2.77. The lowest BCUT2D eigenvalue weighted by Crippen LogP contribution is -2.24. The minimum atomic E-state index is -0.958. The molecule has 1 aromatic carbocycles. The Morgan fingerprint density at radius 1 is 1.32 bits per heavy atom. The van der Waals surface area contributed by atoms with E-state index in [1.165, 1.54) is 0 Å². The molecule has 0 radical (unpaired) electrons. The molecule has 0 saturated carbocycles. The molecule has 1 heterocycles. The Morgan fingerprint density at radius 3 is 2.68 bits per heavy atom. The Morgan fingerprint density at radius 2 is 2.05 bits per heavy atom. The quantitative estimate of drug-likeness (QED) is 0.838. The Balaban J connectivity index is 2.10. The minimum Gasteiger partial charge on any atom is -0.465 e. The first-order valence-electron chi connectivity index (χ1n) is 5.55. The second-order valence-electron chi connectivity index (χ2n) is 4.05. The van der Waals surface area contributed by atoms with Crippen LogP contribution >= 0.6 is 0 Å². The zero-order valence-electron chi connectivity index (χ0n) is 10.2. The van der Waals surface area contributed by atoms with Crippen LogP contribution in [0.15, 0.2) is 28.7 Å². The van der Waals surface area contributed by atoms with E-state index in [4.69, 9.17) is 10.2 Å². The fraction of sp³-hybridized carbons (Fsp3) is 0.154. The van der Waals surface area contributed by atoms with Crippen molar-refractivity contribution in [2.75, 3.05) is 5.73 Å². The van der Waals surface area contributed by atoms with Crippen LogP contribution in [0.3, 0.4) is 0 Å². The first-order chi connectivity index (χ1) is 8.97. The van der Waals surface area contributed by atoms with E-state index in [1.807, 2.05) is 0 Å². The predicted molar refractivity (Wildman–Crippen MR) is 65.4 cm³/mol. The van der Waals surface area contributed by atoms with E-state index >= 15 is 0 Å². The lowest BCUT2D eigenvalue weighted by Gasteiger charge is -2.06. The first kappa shape index (κ1) is 13.1. The molecule has 0 aliphatic heterocycles. The third-order valence-corrected chi connectivity index (χ3v) is 2.55. The molecule has 2 rings (SSSR count). The molecular formula is C13H12F2N2O2. The molecule has 2 aromatic rings. The van der Waals surface area contributed by atoms with Crippen molar-refractivity contribution in [1.82, 2.24) is 5.32 Å².